The van der Waals surface area contributed by atoms with Gasteiger partial charge in [-0.25, -0.2) is 4.99 Å². The number of aliphatic imine (C=N–C) groups is 1. The summed E-state index contributed by atoms with van der Waals surface area (Å²) in [6.07, 6.45) is 0. The largest absolute Gasteiger partial charge is 0.370 e. The number of nitrogens with zero attached hydrogens (tertiary/aromatic N) is 1. The fourth-order valence-corrected chi connectivity index (χ4v) is 0.669. The zero-order valence-electron chi connectivity index (χ0n) is 4.82. The van der Waals surface area contributed by atoms with E-state index in [1.165, 1.54) is 0 Å². The lowest BCUT2D eigenvalue weighted by Crippen LogP contribution is -2.31. The van der Waals surface area contributed by atoms with Crippen molar-refractivity contribution in [1.29, 1.82) is 0 Å². The molecule has 0 aromatic heterocycles. The fraction of sp³-hybridized carbons (Fsp3) is 0.750. The highest BCUT2D eigenvalue weighted by atomic mass is 127. The predicted molar refractivity (Wildman–Crippen MR) is 44.2 cm³/mol. The van der Waals surface area contributed by atoms with Crippen molar-refractivity contribution in [3.8, 4) is 0 Å². The van der Waals surface area contributed by atoms with Crippen LogP contribution in [0, 0.1) is 0 Å². The Morgan fingerprint density at radius 3 is 2.88 bits per heavy atom. The van der Waals surface area contributed by atoms with Crippen LogP contribution in [0.3, 0.4) is 0 Å². The van der Waals surface area contributed by atoms with E-state index in [4.69, 9.17) is 5.73 Å². The van der Waals surface area contributed by atoms with Crippen LogP contribution in [0.4, 0.5) is 0 Å². The molecule has 48 valence electrons. The minimum absolute atomic E-state index is 0.530. The van der Waals surface area contributed by atoms with Gasteiger partial charge in [-0.3, -0.25) is 0 Å². The number of nitrogens with two attached hydrogens (primary N) is 1. The smallest absolute Gasteiger partial charge is 0.189 e. The predicted octanol–water partition coefficient (Wildman–Crippen LogP) is 0.303. The van der Waals surface area contributed by atoms with E-state index < -0.39 is 0 Å². The van der Waals surface area contributed by atoms with Gasteiger partial charge in [0.2, 0.25) is 0 Å². The van der Waals surface area contributed by atoms with Gasteiger partial charge in [-0.1, -0.05) is 22.6 Å². The molecule has 0 amide bonds. The number of hydrogen-bond donors (Lipinski definition) is 2. The Labute approximate surface area is 62.9 Å². The van der Waals surface area contributed by atoms with E-state index in [1.807, 2.05) is 6.92 Å². The molecule has 0 atom stereocenters. The second kappa shape index (κ2) is 5.14. The van der Waals surface area contributed by atoms with Crippen molar-refractivity contribution < 1.29 is 0 Å². The van der Waals surface area contributed by atoms with Crippen LogP contribution in [0.15, 0.2) is 4.99 Å². The van der Waals surface area contributed by atoms with Crippen LogP contribution in [-0.2, 0) is 0 Å². The summed E-state index contributed by atoms with van der Waals surface area (Å²) < 4.78 is 0.719. The topological polar surface area (TPSA) is 50.4 Å². The van der Waals surface area contributed by atoms with Crippen LogP contribution in [0.5, 0.6) is 0 Å². The Morgan fingerprint density at radius 1 is 1.88 bits per heavy atom. The average Bonchev–Trinajstić information content (AvgIpc) is 1.68. The van der Waals surface area contributed by atoms with Crippen molar-refractivity contribution in [2.24, 2.45) is 10.7 Å². The maximum absolute atomic E-state index is 5.33. The maximum Gasteiger partial charge on any atom is 0.189 e. The Morgan fingerprint density at radius 2 is 2.50 bits per heavy atom. The van der Waals surface area contributed by atoms with Crippen molar-refractivity contribution in [2.45, 2.75) is 6.92 Å². The first-order valence-electron chi connectivity index (χ1n) is 2.41. The van der Waals surface area contributed by atoms with Crippen LogP contribution < -0.4 is 11.1 Å². The van der Waals surface area contributed by atoms with Gasteiger partial charge in [0.05, 0.1) is 4.55 Å². The van der Waals surface area contributed by atoms with E-state index in [1.54, 1.807) is 0 Å². The first-order chi connectivity index (χ1) is 3.81. The molecule has 0 heterocycles. The van der Waals surface area contributed by atoms with Gasteiger partial charge in [0.1, 0.15) is 0 Å². The molecule has 4 heteroatoms. The van der Waals surface area contributed by atoms with Gasteiger partial charge in [0.15, 0.2) is 5.96 Å². The number of hydrogen-bond acceptors (Lipinski definition) is 1. The van der Waals surface area contributed by atoms with E-state index in [0.717, 1.165) is 11.1 Å². The highest BCUT2D eigenvalue weighted by molar-refractivity contribution is 14.1. The first-order valence-corrected chi connectivity index (χ1v) is 3.93. The molecule has 0 aromatic rings. The van der Waals surface area contributed by atoms with E-state index in [-0.39, 0.29) is 0 Å². The Balaban J connectivity index is 3.29. The third-order valence-electron chi connectivity index (χ3n) is 0.588. The molecule has 0 rings (SSSR count). The molecule has 0 fully saturated rings. The standard InChI is InChI=1S/C4H10IN3/c1-2-7-4(6)8-3-5/h2-3H2,1H3,(H3,6,7,8). The van der Waals surface area contributed by atoms with Crippen molar-refractivity contribution in [2.75, 3.05) is 11.1 Å². The van der Waals surface area contributed by atoms with E-state index in [9.17, 15) is 0 Å². The maximum atomic E-state index is 5.33. The minimum Gasteiger partial charge on any atom is -0.370 e. The molecule has 0 aliphatic heterocycles. The minimum atomic E-state index is 0.530. The lowest BCUT2D eigenvalue weighted by molar-refractivity contribution is 0.949. The highest BCUT2D eigenvalue weighted by Gasteiger charge is 1.81. The molecule has 3 N–H and O–H groups in total. The average molecular weight is 227 g/mol. The molecule has 0 aliphatic carbocycles. The van der Waals surface area contributed by atoms with Crippen molar-refractivity contribution in [3.63, 3.8) is 0 Å². The van der Waals surface area contributed by atoms with Crippen molar-refractivity contribution >= 4 is 28.6 Å². The molecule has 0 aliphatic rings. The number of guanidine groups is 1. The Bertz CT molecular complexity index is 81.4. The molecule has 0 bridgehead atoms. The molecule has 0 saturated heterocycles. The summed E-state index contributed by atoms with van der Waals surface area (Å²) in [5.41, 5.74) is 5.33. The molecule has 0 unspecified atom stereocenters. The molecule has 3 nitrogen and oxygen atoms in total. The van der Waals surface area contributed by atoms with E-state index in [2.05, 4.69) is 32.9 Å². The van der Waals surface area contributed by atoms with Gasteiger partial charge in [0.25, 0.3) is 0 Å². The van der Waals surface area contributed by atoms with Gasteiger partial charge < -0.3 is 11.1 Å². The molecule has 0 radical (unpaired) electrons. The van der Waals surface area contributed by atoms with Crippen LogP contribution in [0.2, 0.25) is 0 Å². The normalized spacial score (nSPS) is 11.5. The summed E-state index contributed by atoms with van der Waals surface area (Å²) in [5.74, 6) is 0.530. The van der Waals surface area contributed by atoms with Gasteiger partial charge in [0, 0.05) is 6.54 Å². The number of nitrogens with one attached hydrogen (secondary N) is 1. The van der Waals surface area contributed by atoms with E-state index >= 15 is 0 Å². The second-order valence-electron chi connectivity index (χ2n) is 1.19. The van der Waals surface area contributed by atoms with Crippen molar-refractivity contribution in [3.05, 3.63) is 0 Å². The molecule has 8 heavy (non-hydrogen) atoms. The summed E-state index contributed by atoms with van der Waals surface area (Å²) in [5, 5.41) is 2.87. The van der Waals surface area contributed by atoms with Crippen LogP contribution in [0.25, 0.3) is 0 Å². The zero-order chi connectivity index (χ0) is 6.41. The number of halogens is 1. The quantitative estimate of drug-likeness (QED) is 0.234. The third kappa shape index (κ3) is 4.17. The first kappa shape index (κ1) is 8.00. The van der Waals surface area contributed by atoms with E-state index in [0.29, 0.717) is 5.96 Å². The van der Waals surface area contributed by atoms with Gasteiger partial charge >= 0.3 is 0 Å². The summed E-state index contributed by atoms with van der Waals surface area (Å²) in [6, 6.07) is 0. The van der Waals surface area contributed by atoms with Gasteiger partial charge in [-0.2, -0.15) is 0 Å². The third-order valence-corrected chi connectivity index (χ3v) is 0.929. The van der Waals surface area contributed by atoms with Crippen molar-refractivity contribution in [1.82, 2.24) is 5.32 Å². The summed E-state index contributed by atoms with van der Waals surface area (Å²) in [4.78, 5) is 3.88. The highest BCUT2D eigenvalue weighted by Crippen LogP contribution is 1.78. The second-order valence-corrected chi connectivity index (χ2v) is 1.88. The molecule has 0 spiro atoms. The molecule has 0 saturated carbocycles. The summed E-state index contributed by atoms with van der Waals surface area (Å²) in [6.45, 7) is 2.82. The monoisotopic (exact) mass is 227 g/mol. The van der Waals surface area contributed by atoms with Crippen LogP contribution in [-0.4, -0.2) is 17.1 Å². The molecular weight excluding hydrogens is 217 g/mol. The lowest BCUT2D eigenvalue weighted by Gasteiger charge is -1.97. The fourth-order valence-electron chi connectivity index (χ4n) is 0.301. The van der Waals surface area contributed by atoms with Gasteiger partial charge in [-0.05, 0) is 6.92 Å². The zero-order valence-corrected chi connectivity index (χ0v) is 6.97. The number of rotatable bonds is 2. The number of alkyl halides is 1. The Hall–Kier alpha value is 0. The summed E-state index contributed by atoms with van der Waals surface area (Å²) in [7, 11) is 0. The molecule has 0 aromatic carbocycles. The lowest BCUT2D eigenvalue weighted by atomic mass is 10.7. The van der Waals surface area contributed by atoms with Gasteiger partial charge in [-0.15, -0.1) is 0 Å². The Kier molecular flexibility index (Phi) is 5.14. The van der Waals surface area contributed by atoms with Crippen LogP contribution >= 0.6 is 22.6 Å². The SMILES string of the molecule is CCNC(N)=NCI. The van der Waals surface area contributed by atoms with Crippen LogP contribution in [0.1, 0.15) is 6.92 Å². The molecular formula is C4H10IN3. The summed E-state index contributed by atoms with van der Waals surface area (Å²) >= 11 is 2.13.